The summed E-state index contributed by atoms with van der Waals surface area (Å²) in [6.07, 6.45) is 0. The van der Waals surface area contributed by atoms with Crippen LogP contribution in [0.2, 0.25) is 0 Å². The molecule has 4 heteroatoms. The molecule has 0 radical (unpaired) electrons. The van der Waals surface area contributed by atoms with Gasteiger partial charge in [0.25, 0.3) is 0 Å². The molecule has 0 atom stereocenters. The maximum absolute atomic E-state index is 10.3. The molecule has 0 saturated carbocycles. The molecule has 0 aliphatic carbocycles. The third-order valence-electron chi connectivity index (χ3n) is 1.56. The molecule has 0 unspecified atom stereocenters. The van der Waals surface area contributed by atoms with Crippen LogP contribution >= 0.6 is 0 Å². The van der Waals surface area contributed by atoms with Crippen LogP contribution in [0.4, 0.5) is 0 Å². The summed E-state index contributed by atoms with van der Waals surface area (Å²) >= 11 is 0. The lowest BCUT2D eigenvalue weighted by atomic mass is 10.2. The van der Waals surface area contributed by atoms with Gasteiger partial charge in [-0.3, -0.25) is 0 Å². The van der Waals surface area contributed by atoms with Gasteiger partial charge >= 0.3 is 0 Å². The predicted molar refractivity (Wildman–Crippen MR) is 47.4 cm³/mol. The lowest BCUT2D eigenvalue weighted by Gasteiger charge is -2.02. The van der Waals surface area contributed by atoms with E-state index in [9.17, 15) is 4.79 Å². The van der Waals surface area contributed by atoms with Crippen molar-refractivity contribution in [3.8, 4) is 5.75 Å². The average Bonchev–Trinajstić information content (AvgIpc) is 2.21. The zero-order valence-electron chi connectivity index (χ0n) is 7.11. The fourth-order valence-electron chi connectivity index (χ4n) is 0.893. The number of hydrogen-bond acceptors (Lipinski definition) is 4. The Hall–Kier alpha value is -1.77. The van der Waals surface area contributed by atoms with E-state index in [4.69, 9.17) is 10.6 Å². The molecule has 4 nitrogen and oxygen atoms in total. The normalized spacial score (nSPS) is 8.77. The number of hydrogen-bond donors (Lipinski definition) is 1. The van der Waals surface area contributed by atoms with Gasteiger partial charge in [0.2, 0.25) is 5.76 Å². The van der Waals surface area contributed by atoms with E-state index in [0.29, 0.717) is 11.3 Å². The van der Waals surface area contributed by atoms with Gasteiger partial charge in [0.15, 0.2) is 5.94 Å². The van der Waals surface area contributed by atoms with Crippen LogP contribution in [0.3, 0.4) is 0 Å². The SMILES string of the molecule is COc1ccc(C(=C=O)ON)cc1. The molecule has 1 aromatic rings. The molecular weight excluding hydrogens is 170 g/mol. The summed E-state index contributed by atoms with van der Waals surface area (Å²) < 4.78 is 4.94. The Morgan fingerprint density at radius 3 is 2.38 bits per heavy atom. The van der Waals surface area contributed by atoms with Crippen LogP contribution in [0, 0.1) is 0 Å². The van der Waals surface area contributed by atoms with E-state index in [1.165, 1.54) is 0 Å². The molecule has 68 valence electrons. The van der Waals surface area contributed by atoms with Crippen molar-refractivity contribution in [2.75, 3.05) is 7.11 Å². The van der Waals surface area contributed by atoms with E-state index in [0.717, 1.165) is 0 Å². The Morgan fingerprint density at radius 2 is 2.00 bits per heavy atom. The molecule has 0 spiro atoms. The molecule has 0 bridgehead atoms. The second kappa shape index (κ2) is 4.30. The summed E-state index contributed by atoms with van der Waals surface area (Å²) in [5.74, 6) is 7.11. The molecule has 1 rings (SSSR count). The molecule has 0 amide bonds. The Labute approximate surface area is 75.5 Å². The van der Waals surface area contributed by atoms with Crippen molar-refractivity contribution in [2.24, 2.45) is 5.90 Å². The van der Waals surface area contributed by atoms with Crippen LogP contribution in [-0.2, 0) is 9.63 Å². The molecule has 0 fully saturated rings. The summed E-state index contributed by atoms with van der Waals surface area (Å²) in [5.41, 5.74) is 0.568. The Morgan fingerprint density at radius 1 is 1.38 bits per heavy atom. The van der Waals surface area contributed by atoms with Gasteiger partial charge in [-0.15, -0.1) is 0 Å². The molecule has 13 heavy (non-hydrogen) atoms. The summed E-state index contributed by atoms with van der Waals surface area (Å²) in [4.78, 5) is 14.6. The van der Waals surface area contributed by atoms with Crippen LogP contribution in [0.25, 0.3) is 5.76 Å². The molecule has 0 aliphatic heterocycles. The fourth-order valence-corrected chi connectivity index (χ4v) is 0.893. The minimum absolute atomic E-state index is 0.0253. The van der Waals surface area contributed by atoms with Gasteiger partial charge in [-0.1, -0.05) is 0 Å². The molecule has 2 N–H and O–H groups in total. The zero-order chi connectivity index (χ0) is 9.68. The van der Waals surface area contributed by atoms with E-state index in [1.807, 2.05) is 0 Å². The quantitative estimate of drug-likeness (QED) is 0.422. The highest BCUT2D eigenvalue weighted by atomic mass is 16.6. The van der Waals surface area contributed by atoms with E-state index in [1.54, 1.807) is 37.3 Å². The summed E-state index contributed by atoms with van der Waals surface area (Å²) in [7, 11) is 1.56. The first-order valence-electron chi connectivity index (χ1n) is 3.58. The fraction of sp³-hybridized carbons (Fsp3) is 0.111. The highest BCUT2D eigenvalue weighted by molar-refractivity contribution is 5.83. The van der Waals surface area contributed by atoms with Crippen LogP contribution < -0.4 is 10.6 Å². The van der Waals surface area contributed by atoms with E-state index in [2.05, 4.69) is 4.84 Å². The summed E-state index contributed by atoms with van der Waals surface area (Å²) in [5, 5.41) is 0. The lowest BCUT2D eigenvalue weighted by Crippen LogP contribution is -1.98. The van der Waals surface area contributed by atoms with Crippen molar-refractivity contribution in [2.45, 2.75) is 0 Å². The number of benzene rings is 1. The van der Waals surface area contributed by atoms with Crippen LogP contribution in [-0.4, -0.2) is 13.1 Å². The number of nitrogens with two attached hydrogens (primary N) is 1. The van der Waals surface area contributed by atoms with Crippen molar-refractivity contribution in [1.82, 2.24) is 0 Å². The van der Waals surface area contributed by atoms with Crippen LogP contribution in [0.15, 0.2) is 24.3 Å². The first kappa shape index (κ1) is 9.32. The van der Waals surface area contributed by atoms with Crippen LogP contribution in [0.5, 0.6) is 5.75 Å². The Kier molecular flexibility index (Phi) is 3.09. The Bertz CT molecular complexity index is 325. The van der Waals surface area contributed by atoms with Crippen molar-refractivity contribution in [3.63, 3.8) is 0 Å². The molecule has 0 aliphatic rings. The smallest absolute Gasteiger partial charge is 0.236 e. The maximum atomic E-state index is 10.3. The van der Waals surface area contributed by atoms with Gasteiger partial charge in [0.05, 0.1) is 7.11 Å². The highest BCUT2D eigenvalue weighted by Gasteiger charge is 2.02. The van der Waals surface area contributed by atoms with E-state index >= 15 is 0 Å². The molecule has 0 heterocycles. The summed E-state index contributed by atoms with van der Waals surface area (Å²) in [6, 6.07) is 6.72. The van der Waals surface area contributed by atoms with Gasteiger partial charge in [-0.25, -0.2) is 4.79 Å². The third-order valence-corrected chi connectivity index (χ3v) is 1.56. The largest absolute Gasteiger partial charge is 0.497 e. The van der Waals surface area contributed by atoms with Gasteiger partial charge in [0.1, 0.15) is 5.75 Å². The number of methoxy groups -OCH3 is 1. The van der Waals surface area contributed by atoms with E-state index in [-0.39, 0.29) is 5.76 Å². The highest BCUT2D eigenvalue weighted by Crippen LogP contribution is 2.16. The predicted octanol–water partition coefficient (Wildman–Crippen LogP) is 0.758. The van der Waals surface area contributed by atoms with Crippen molar-refractivity contribution < 1.29 is 14.4 Å². The monoisotopic (exact) mass is 179 g/mol. The summed E-state index contributed by atoms with van der Waals surface area (Å²) in [6.45, 7) is 0. The first-order valence-corrected chi connectivity index (χ1v) is 3.58. The van der Waals surface area contributed by atoms with Crippen molar-refractivity contribution >= 4 is 11.7 Å². The molecule has 0 saturated heterocycles. The number of carbonyl (C=O) groups excluding carboxylic acids is 1. The second-order valence-electron chi connectivity index (χ2n) is 2.28. The number of ether oxygens (including phenoxy) is 1. The van der Waals surface area contributed by atoms with Crippen molar-refractivity contribution in [1.29, 1.82) is 0 Å². The standard InChI is InChI=1S/C9H9NO3/c1-12-8-4-2-7(3-5-8)9(6-11)13-10/h2-5H,10H2,1H3. The van der Waals surface area contributed by atoms with Gasteiger partial charge in [-0.05, 0) is 24.3 Å². The van der Waals surface area contributed by atoms with Crippen LogP contribution in [0.1, 0.15) is 5.56 Å². The lowest BCUT2D eigenvalue weighted by molar-refractivity contribution is 0.292. The molecular formula is C9H9NO3. The van der Waals surface area contributed by atoms with Gasteiger partial charge < -0.3 is 9.57 Å². The van der Waals surface area contributed by atoms with E-state index < -0.39 is 0 Å². The zero-order valence-corrected chi connectivity index (χ0v) is 7.11. The Balaban J connectivity index is 2.98. The number of rotatable bonds is 3. The minimum atomic E-state index is -0.0253. The minimum Gasteiger partial charge on any atom is -0.497 e. The van der Waals surface area contributed by atoms with Gasteiger partial charge in [-0.2, -0.15) is 5.90 Å². The first-order chi connectivity index (χ1) is 6.31. The molecule has 0 aromatic heterocycles. The third kappa shape index (κ3) is 2.08. The maximum Gasteiger partial charge on any atom is 0.236 e. The topological polar surface area (TPSA) is 61.5 Å². The second-order valence-corrected chi connectivity index (χ2v) is 2.28. The molecule has 1 aromatic carbocycles. The van der Waals surface area contributed by atoms with Gasteiger partial charge in [0, 0.05) is 5.56 Å². The van der Waals surface area contributed by atoms with Crippen molar-refractivity contribution in [3.05, 3.63) is 29.8 Å². The average molecular weight is 179 g/mol.